The molecule has 0 aromatic heterocycles. The first kappa shape index (κ1) is 13.1. The third-order valence-electron chi connectivity index (χ3n) is 3.91. The van der Waals surface area contributed by atoms with Crippen LogP contribution in [0.1, 0.15) is 24.3 Å². The van der Waals surface area contributed by atoms with Crippen molar-refractivity contribution >= 4 is 17.5 Å². The van der Waals surface area contributed by atoms with Crippen LogP contribution in [-0.4, -0.2) is 31.6 Å². The zero-order valence-corrected chi connectivity index (χ0v) is 11.2. The molecule has 2 aliphatic rings. The molecular formula is C15H18N2O3. The van der Waals surface area contributed by atoms with Crippen LogP contribution in [0.4, 0.5) is 5.69 Å². The van der Waals surface area contributed by atoms with Gasteiger partial charge in [0.05, 0.1) is 12.5 Å². The summed E-state index contributed by atoms with van der Waals surface area (Å²) < 4.78 is 5.29. The highest BCUT2D eigenvalue weighted by atomic mass is 16.5. The van der Waals surface area contributed by atoms with Crippen LogP contribution in [0.15, 0.2) is 24.3 Å². The molecule has 20 heavy (non-hydrogen) atoms. The minimum atomic E-state index is -0.387. The minimum Gasteiger partial charge on any atom is -0.381 e. The van der Waals surface area contributed by atoms with Gasteiger partial charge in [0.15, 0.2) is 0 Å². The second-order valence-corrected chi connectivity index (χ2v) is 5.37. The molecule has 2 N–H and O–H groups in total. The number of hydrogen-bond donors (Lipinski definition) is 2. The first-order valence-corrected chi connectivity index (χ1v) is 6.98. The molecule has 3 rings (SSSR count). The number of benzene rings is 1. The smallest absolute Gasteiger partial charge is 0.228 e. The van der Waals surface area contributed by atoms with E-state index in [1.54, 1.807) is 0 Å². The van der Waals surface area contributed by atoms with Gasteiger partial charge in [-0.1, -0.05) is 18.2 Å². The summed E-state index contributed by atoms with van der Waals surface area (Å²) in [7, 11) is 0. The number of para-hydroxylation sites is 1. The van der Waals surface area contributed by atoms with Crippen molar-refractivity contribution in [2.45, 2.75) is 18.8 Å². The van der Waals surface area contributed by atoms with Crippen LogP contribution in [0.3, 0.4) is 0 Å². The van der Waals surface area contributed by atoms with E-state index in [9.17, 15) is 9.59 Å². The Balaban J connectivity index is 1.69. The monoisotopic (exact) mass is 274 g/mol. The van der Waals surface area contributed by atoms with Crippen molar-refractivity contribution in [1.29, 1.82) is 0 Å². The summed E-state index contributed by atoms with van der Waals surface area (Å²) in [5.41, 5.74) is 1.64. The van der Waals surface area contributed by atoms with Gasteiger partial charge in [0, 0.05) is 31.2 Å². The van der Waals surface area contributed by atoms with Crippen LogP contribution in [-0.2, 0) is 14.3 Å². The lowest BCUT2D eigenvalue weighted by Gasteiger charge is -2.25. The number of ether oxygens (including phenoxy) is 1. The number of amides is 2. The Bertz CT molecular complexity index is 524. The van der Waals surface area contributed by atoms with Gasteiger partial charge in [0.2, 0.25) is 11.8 Å². The Morgan fingerprint density at radius 3 is 3.05 bits per heavy atom. The lowest BCUT2D eigenvalue weighted by molar-refractivity contribution is -0.126. The SMILES string of the molecule is O=C1CC(C(=O)NCC2CCOC2)c2ccccc2N1. The summed E-state index contributed by atoms with van der Waals surface area (Å²) in [4.78, 5) is 24.0. The zero-order chi connectivity index (χ0) is 13.9. The van der Waals surface area contributed by atoms with Gasteiger partial charge in [-0.05, 0) is 18.1 Å². The highest BCUT2D eigenvalue weighted by Gasteiger charge is 2.30. The Kier molecular flexibility index (Phi) is 3.69. The fraction of sp³-hybridized carbons (Fsp3) is 0.467. The molecule has 1 aromatic rings. The Hall–Kier alpha value is -1.88. The van der Waals surface area contributed by atoms with Crippen LogP contribution in [0.2, 0.25) is 0 Å². The number of carbonyl (C=O) groups excluding carboxylic acids is 2. The van der Waals surface area contributed by atoms with Crippen LogP contribution >= 0.6 is 0 Å². The van der Waals surface area contributed by atoms with Crippen molar-refractivity contribution < 1.29 is 14.3 Å². The molecule has 2 heterocycles. The van der Waals surface area contributed by atoms with E-state index in [1.807, 2.05) is 24.3 Å². The van der Waals surface area contributed by atoms with Gasteiger partial charge in [-0.25, -0.2) is 0 Å². The molecule has 5 nitrogen and oxygen atoms in total. The second-order valence-electron chi connectivity index (χ2n) is 5.37. The number of anilines is 1. The minimum absolute atomic E-state index is 0.0702. The van der Waals surface area contributed by atoms with E-state index < -0.39 is 0 Å². The molecule has 0 bridgehead atoms. The molecule has 0 radical (unpaired) electrons. The van der Waals surface area contributed by atoms with Crippen LogP contribution in [0, 0.1) is 5.92 Å². The molecule has 1 fully saturated rings. The lowest BCUT2D eigenvalue weighted by atomic mass is 9.89. The Morgan fingerprint density at radius 2 is 2.25 bits per heavy atom. The molecule has 2 amide bonds. The molecule has 5 heteroatoms. The fourth-order valence-corrected chi connectivity index (χ4v) is 2.76. The third-order valence-corrected chi connectivity index (χ3v) is 3.91. The van der Waals surface area contributed by atoms with Gasteiger partial charge >= 0.3 is 0 Å². The van der Waals surface area contributed by atoms with Crippen molar-refractivity contribution in [1.82, 2.24) is 5.32 Å². The molecule has 1 aromatic carbocycles. The summed E-state index contributed by atoms with van der Waals surface area (Å²) in [6.45, 7) is 2.11. The van der Waals surface area contributed by atoms with E-state index in [0.29, 0.717) is 19.1 Å². The second kappa shape index (κ2) is 5.63. The van der Waals surface area contributed by atoms with Crippen LogP contribution in [0.25, 0.3) is 0 Å². The summed E-state index contributed by atoms with van der Waals surface area (Å²) in [6, 6.07) is 7.48. The number of rotatable bonds is 3. The van der Waals surface area contributed by atoms with Crippen molar-refractivity contribution in [3.63, 3.8) is 0 Å². The van der Waals surface area contributed by atoms with E-state index in [-0.39, 0.29) is 24.2 Å². The Morgan fingerprint density at radius 1 is 1.40 bits per heavy atom. The number of nitrogens with one attached hydrogen (secondary N) is 2. The van der Waals surface area contributed by atoms with Crippen molar-refractivity contribution in [2.24, 2.45) is 5.92 Å². The molecule has 2 unspecified atom stereocenters. The van der Waals surface area contributed by atoms with Crippen molar-refractivity contribution in [2.75, 3.05) is 25.1 Å². The summed E-state index contributed by atoms with van der Waals surface area (Å²) >= 11 is 0. The number of fused-ring (bicyclic) bond motifs is 1. The van der Waals surface area contributed by atoms with E-state index in [2.05, 4.69) is 10.6 Å². The molecule has 1 saturated heterocycles. The number of hydrogen-bond acceptors (Lipinski definition) is 3. The van der Waals surface area contributed by atoms with Gasteiger partial charge < -0.3 is 15.4 Å². The molecule has 106 valence electrons. The van der Waals surface area contributed by atoms with E-state index in [1.165, 1.54) is 0 Å². The van der Waals surface area contributed by atoms with Crippen LogP contribution in [0.5, 0.6) is 0 Å². The fourth-order valence-electron chi connectivity index (χ4n) is 2.76. The summed E-state index contributed by atoms with van der Waals surface area (Å²) in [5.74, 6) is -0.166. The van der Waals surface area contributed by atoms with Crippen molar-refractivity contribution in [3.8, 4) is 0 Å². The molecule has 0 aliphatic carbocycles. The topological polar surface area (TPSA) is 67.4 Å². The maximum absolute atomic E-state index is 12.3. The summed E-state index contributed by atoms with van der Waals surface area (Å²) in [5, 5.41) is 5.76. The molecule has 2 atom stereocenters. The van der Waals surface area contributed by atoms with E-state index in [4.69, 9.17) is 4.74 Å². The first-order chi connectivity index (χ1) is 9.74. The maximum Gasteiger partial charge on any atom is 0.228 e. The molecule has 2 aliphatic heterocycles. The van der Waals surface area contributed by atoms with Gasteiger partial charge in [-0.3, -0.25) is 9.59 Å². The van der Waals surface area contributed by atoms with Gasteiger partial charge in [-0.2, -0.15) is 0 Å². The quantitative estimate of drug-likeness (QED) is 0.872. The van der Waals surface area contributed by atoms with E-state index in [0.717, 1.165) is 24.3 Å². The summed E-state index contributed by atoms with van der Waals surface area (Å²) in [6.07, 6.45) is 1.20. The van der Waals surface area contributed by atoms with Gasteiger partial charge in [0.25, 0.3) is 0 Å². The van der Waals surface area contributed by atoms with Crippen molar-refractivity contribution in [3.05, 3.63) is 29.8 Å². The first-order valence-electron chi connectivity index (χ1n) is 6.98. The average molecular weight is 274 g/mol. The third kappa shape index (κ3) is 2.67. The van der Waals surface area contributed by atoms with Gasteiger partial charge in [-0.15, -0.1) is 0 Å². The normalized spacial score (nSPS) is 24.9. The molecule has 0 saturated carbocycles. The maximum atomic E-state index is 12.3. The molecule has 0 spiro atoms. The predicted octanol–water partition coefficient (Wildman–Crippen LogP) is 1.27. The standard InChI is InChI=1S/C15H18N2O3/c18-14-7-12(11-3-1-2-4-13(11)17-14)15(19)16-8-10-5-6-20-9-10/h1-4,10,12H,5-9H2,(H,16,19)(H,17,18). The highest BCUT2D eigenvalue weighted by molar-refractivity contribution is 6.01. The van der Waals surface area contributed by atoms with Gasteiger partial charge in [0.1, 0.15) is 0 Å². The highest BCUT2D eigenvalue weighted by Crippen LogP contribution is 2.32. The average Bonchev–Trinajstić information content (AvgIpc) is 2.97. The lowest BCUT2D eigenvalue weighted by Crippen LogP contribution is -2.37. The van der Waals surface area contributed by atoms with Crippen LogP contribution < -0.4 is 10.6 Å². The van der Waals surface area contributed by atoms with E-state index >= 15 is 0 Å². The zero-order valence-electron chi connectivity index (χ0n) is 11.2. The Labute approximate surface area is 117 Å². The predicted molar refractivity (Wildman–Crippen MR) is 74.4 cm³/mol. The largest absolute Gasteiger partial charge is 0.381 e. The number of carbonyl (C=O) groups is 2. The molecular weight excluding hydrogens is 256 g/mol.